The number of methoxy groups -OCH3 is 1. The number of piperazine rings is 1. The van der Waals surface area contributed by atoms with E-state index in [1.165, 1.54) is 5.69 Å². The Labute approximate surface area is 176 Å². The van der Waals surface area contributed by atoms with Crippen molar-refractivity contribution in [1.82, 2.24) is 9.97 Å². The summed E-state index contributed by atoms with van der Waals surface area (Å²) < 4.78 is 5.27. The van der Waals surface area contributed by atoms with Crippen LogP contribution in [0, 0.1) is 0 Å². The first-order valence-electron chi connectivity index (χ1n) is 10.3. The van der Waals surface area contributed by atoms with Gasteiger partial charge in [0.1, 0.15) is 5.75 Å². The van der Waals surface area contributed by atoms with E-state index in [4.69, 9.17) is 14.7 Å². The second-order valence-corrected chi connectivity index (χ2v) is 7.43. The summed E-state index contributed by atoms with van der Waals surface area (Å²) in [6, 6.07) is 26.9. The minimum absolute atomic E-state index is 0.807. The molecule has 0 N–H and O–H groups in total. The van der Waals surface area contributed by atoms with E-state index in [9.17, 15) is 0 Å². The number of anilines is 2. The Hall–Kier alpha value is -3.60. The van der Waals surface area contributed by atoms with Crippen LogP contribution in [0.1, 0.15) is 0 Å². The van der Waals surface area contributed by atoms with E-state index in [-0.39, 0.29) is 0 Å². The Morgan fingerprint density at radius 2 is 1.37 bits per heavy atom. The van der Waals surface area contributed by atoms with E-state index >= 15 is 0 Å². The summed E-state index contributed by atoms with van der Waals surface area (Å²) in [7, 11) is 1.70. The Morgan fingerprint density at radius 1 is 0.700 bits per heavy atom. The number of fused-ring (bicyclic) bond motifs is 1. The molecule has 5 heteroatoms. The number of hydrogen-bond donors (Lipinski definition) is 0. The smallest absolute Gasteiger partial charge is 0.226 e. The maximum absolute atomic E-state index is 5.27. The number of hydrogen-bond acceptors (Lipinski definition) is 5. The molecule has 5 rings (SSSR count). The minimum atomic E-state index is 0.807. The number of ether oxygens (including phenoxy) is 1. The van der Waals surface area contributed by atoms with Crippen LogP contribution in [0.5, 0.6) is 5.75 Å². The molecule has 0 unspecified atom stereocenters. The van der Waals surface area contributed by atoms with Crippen LogP contribution in [0.4, 0.5) is 11.6 Å². The molecule has 0 spiro atoms. The molecule has 1 saturated heterocycles. The van der Waals surface area contributed by atoms with E-state index in [2.05, 4.69) is 58.3 Å². The van der Waals surface area contributed by atoms with Gasteiger partial charge in [0.05, 0.1) is 18.3 Å². The molecule has 5 nitrogen and oxygen atoms in total. The van der Waals surface area contributed by atoms with Gasteiger partial charge in [-0.3, -0.25) is 0 Å². The Balaban J connectivity index is 1.42. The lowest BCUT2D eigenvalue weighted by atomic mass is 10.1. The van der Waals surface area contributed by atoms with Crippen LogP contribution in [-0.2, 0) is 0 Å². The molecule has 0 amide bonds. The van der Waals surface area contributed by atoms with Gasteiger partial charge in [-0.2, -0.15) is 0 Å². The molecule has 150 valence electrons. The number of para-hydroxylation sites is 1. The highest BCUT2D eigenvalue weighted by molar-refractivity contribution is 5.93. The third kappa shape index (κ3) is 3.54. The average molecular weight is 396 g/mol. The van der Waals surface area contributed by atoms with Crippen LogP contribution in [0.25, 0.3) is 22.2 Å². The second-order valence-electron chi connectivity index (χ2n) is 7.43. The predicted molar refractivity (Wildman–Crippen MR) is 122 cm³/mol. The molecule has 0 aliphatic carbocycles. The molecule has 1 fully saturated rings. The van der Waals surface area contributed by atoms with Gasteiger partial charge in [0.25, 0.3) is 0 Å². The molecule has 2 heterocycles. The first kappa shape index (κ1) is 18.4. The molecule has 0 saturated carbocycles. The summed E-state index contributed by atoms with van der Waals surface area (Å²) in [5.74, 6) is 1.69. The first-order chi connectivity index (χ1) is 14.8. The van der Waals surface area contributed by atoms with Crippen molar-refractivity contribution in [2.24, 2.45) is 0 Å². The SMILES string of the molecule is COc1ccc(N2CCN(c3nc(-c4ccccc4)c4ccccc4n3)CC2)cc1. The van der Waals surface area contributed by atoms with Crippen LogP contribution in [0.3, 0.4) is 0 Å². The average Bonchev–Trinajstić information content (AvgIpc) is 2.84. The third-order valence-corrected chi connectivity index (χ3v) is 5.64. The molecule has 0 bridgehead atoms. The Morgan fingerprint density at radius 3 is 2.10 bits per heavy atom. The van der Waals surface area contributed by atoms with Gasteiger partial charge in [0.15, 0.2) is 0 Å². The second kappa shape index (κ2) is 8.03. The fourth-order valence-electron chi connectivity index (χ4n) is 3.98. The third-order valence-electron chi connectivity index (χ3n) is 5.64. The molecular weight excluding hydrogens is 372 g/mol. The Kier molecular flexibility index (Phi) is 4.93. The quantitative estimate of drug-likeness (QED) is 0.503. The fraction of sp³-hybridized carbons (Fsp3) is 0.200. The number of benzene rings is 3. The van der Waals surface area contributed by atoms with Crippen LogP contribution in [0.2, 0.25) is 0 Å². The first-order valence-corrected chi connectivity index (χ1v) is 10.3. The topological polar surface area (TPSA) is 41.5 Å². The molecule has 0 atom stereocenters. The van der Waals surface area contributed by atoms with Gasteiger partial charge in [0, 0.05) is 42.8 Å². The van der Waals surface area contributed by atoms with Crippen molar-refractivity contribution in [1.29, 1.82) is 0 Å². The maximum Gasteiger partial charge on any atom is 0.226 e. The summed E-state index contributed by atoms with van der Waals surface area (Å²) in [5.41, 5.74) is 4.32. The van der Waals surface area contributed by atoms with Crippen molar-refractivity contribution < 1.29 is 4.74 Å². The zero-order valence-electron chi connectivity index (χ0n) is 17.0. The van der Waals surface area contributed by atoms with E-state index in [1.54, 1.807) is 7.11 Å². The molecule has 1 aliphatic rings. The summed E-state index contributed by atoms with van der Waals surface area (Å²) >= 11 is 0. The zero-order valence-corrected chi connectivity index (χ0v) is 17.0. The van der Waals surface area contributed by atoms with Crippen molar-refractivity contribution in [3.63, 3.8) is 0 Å². The highest BCUT2D eigenvalue weighted by Gasteiger charge is 2.21. The van der Waals surface area contributed by atoms with Crippen molar-refractivity contribution in [3.05, 3.63) is 78.9 Å². The Bertz CT molecular complexity index is 1140. The monoisotopic (exact) mass is 396 g/mol. The van der Waals surface area contributed by atoms with Gasteiger partial charge in [-0.1, -0.05) is 48.5 Å². The highest BCUT2D eigenvalue weighted by Crippen LogP contribution is 2.29. The van der Waals surface area contributed by atoms with E-state index in [1.807, 2.05) is 30.3 Å². The lowest BCUT2D eigenvalue weighted by molar-refractivity contribution is 0.415. The molecule has 1 aliphatic heterocycles. The standard InChI is InChI=1S/C25H24N4O/c1-30-21-13-11-20(12-14-21)28-15-17-29(18-16-28)25-26-23-10-6-5-9-22(23)24(27-25)19-7-3-2-4-8-19/h2-14H,15-18H2,1H3. The number of rotatable bonds is 4. The number of aromatic nitrogens is 2. The minimum Gasteiger partial charge on any atom is -0.497 e. The molecule has 3 aromatic carbocycles. The highest BCUT2D eigenvalue weighted by atomic mass is 16.5. The molecule has 0 radical (unpaired) electrons. The predicted octanol–water partition coefficient (Wildman–Crippen LogP) is 4.63. The zero-order chi connectivity index (χ0) is 20.3. The maximum atomic E-state index is 5.27. The summed E-state index contributed by atoms with van der Waals surface area (Å²) in [6.45, 7) is 3.64. The van der Waals surface area contributed by atoms with E-state index < -0.39 is 0 Å². The van der Waals surface area contributed by atoms with Gasteiger partial charge >= 0.3 is 0 Å². The van der Waals surface area contributed by atoms with E-state index in [0.29, 0.717) is 0 Å². The van der Waals surface area contributed by atoms with Gasteiger partial charge < -0.3 is 14.5 Å². The molecule has 30 heavy (non-hydrogen) atoms. The van der Waals surface area contributed by atoms with Gasteiger partial charge in [-0.15, -0.1) is 0 Å². The van der Waals surface area contributed by atoms with Crippen molar-refractivity contribution in [2.75, 3.05) is 43.1 Å². The van der Waals surface area contributed by atoms with Crippen LogP contribution in [0.15, 0.2) is 78.9 Å². The lowest BCUT2D eigenvalue weighted by Gasteiger charge is -2.36. The molecule has 4 aromatic rings. The fourth-order valence-corrected chi connectivity index (χ4v) is 3.98. The number of nitrogens with zero attached hydrogens (tertiary/aromatic N) is 4. The van der Waals surface area contributed by atoms with Gasteiger partial charge in [-0.05, 0) is 30.3 Å². The molecule has 1 aromatic heterocycles. The van der Waals surface area contributed by atoms with Crippen LogP contribution < -0.4 is 14.5 Å². The van der Waals surface area contributed by atoms with Crippen molar-refractivity contribution >= 4 is 22.5 Å². The summed E-state index contributed by atoms with van der Waals surface area (Å²) in [6.07, 6.45) is 0. The largest absolute Gasteiger partial charge is 0.497 e. The van der Waals surface area contributed by atoms with E-state index in [0.717, 1.165) is 60.0 Å². The lowest BCUT2D eigenvalue weighted by Crippen LogP contribution is -2.47. The van der Waals surface area contributed by atoms with Gasteiger partial charge in [0.2, 0.25) is 5.95 Å². The van der Waals surface area contributed by atoms with Gasteiger partial charge in [-0.25, -0.2) is 9.97 Å². The summed E-state index contributed by atoms with van der Waals surface area (Å²) in [5, 5.41) is 1.09. The van der Waals surface area contributed by atoms with Crippen LogP contribution in [-0.4, -0.2) is 43.3 Å². The normalized spacial score (nSPS) is 14.2. The van der Waals surface area contributed by atoms with Crippen molar-refractivity contribution in [3.8, 4) is 17.0 Å². The van der Waals surface area contributed by atoms with Crippen LogP contribution >= 0.6 is 0 Å². The van der Waals surface area contributed by atoms with Crippen molar-refractivity contribution in [2.45, 2.75) is 0 Å². The molecular formula is C25H24N4O. The summed E-state index contributed by atoms with van der Waals surface area (Å²) in [4.78, 5) is 14.6.